The molecule has 13 nitrogen and oxygen atoms in total. The molecular formula is C31H44N12O. The van der Waals surface area contributed by atoms with Crippen molar-refractivity contribution in [1.29, 1.82) is 0 Å². The summed E-state index contributed by atoms with van der Waals surface area (Å²) < 4.78 is 7.96. The Morgan fingerprint density at radius 3 is 2.48 bits per heavy atom. The highest BCUT2D eigenvalue weighted by Gasteiger charge is 2.26. The highest BCUT2D eigenvalue weighted by Crippen LogP contribution is 2.26. The van der Waals surface area contributed by atoms with Crippen molar-refractivity contribution in [3.63, 3.8) is 0 Å². The van der Waals surface area contributed by atoms with Gasteiger partial charge in [0.15, 0.2) is 11.6 Å². The van der Waals surface area contributed by atoms with Crippen molar-refractivity contribution in [1.82, 2.24) is 45.2 Å². The maximum absolute atomic E-state index is 6.14. The molecule has 5 heterocycles. The molecule has 0 bridgehead atoms. The number of nitrogens with zero attached hydrogens (tertiary/aromatic N) is 10. The fraction of sp³-hybridized carbons (Fsp3) is 0.516. The van der Waals surface area contributed by atoms with E-state index < -0.39 is 0 Å². The first kappa shape index (κ1) is 30.1. The number of aliphatic imine (C=N–C) groups is 1. The van der Waals surface area contributed by atoms with E-state index in [0.717, 1.165) is 61.7 Å². The highest BCUT2D eigenvalue weighted by atomic mass is 16.5. The Morgan fingerprint density at radius 1 is 1.05 bits per heavy atom. The summed E-state index contributed by atoms with van der Waals surface area (Å²) >= 11 is 0. The van der Waals surface area contributed by atoms with Crippen LogP contribution in [0.3, 0.4) is 0 Å². The lowest BCUT2D eigenvalue weighted by atomic mass is 10.1. The van der Waals surface area contributed by atoms with Gasteiger partial charge >= 0.3 is 0 Å². The lowest BCUT2D eigenvalue weighted by Gasteiger charge is -2.33. The molecule has 0 saturated carbocycles. The average molecular weight is 601 g/mol. The zero-order chi connectivity index (χ0) is 30.6. The molecule has 0 amide bonds. The number of benzene rings is 1. The molecule has 13 heteroatoms. The van der Waals surface area contributed by atoms with Crippen LogP contribution < -0.4 is 15.6 Å². The third kappa shape index (κ3) is 6.91. The van der Waals surface area contributed by atoms with E-state index in [1.165, 1.54) is 5.56 Å². The quantitative estimate of drug-likeness (QED) is 0.353. The Hall–Kier alpha value is -3.91. The number of hydrazine groups is 1. The van der Waals surface area contributed by atoms with Gasteiger partial charge in [0.1, 0.15) is 0 Å². The van der Waals surface area contributed by atoms with Crippen LogP contribution in [0.1, 0.15) is 19.4 Å². The summed E-state index contributed by atoms with van der Waals surface area (Å²) in [5, 5.41) is 13.8. The van der Waals surface area contributed by atoms with Crippen LogP contribution in [0.15, 0.2) is 53.4 Å². The second-order valence-corrected chi connectivity index (χ2v) is 11.9. The second kappa shape index (κ2) is 13.4. The molecule has 2 atom stereocenters. The normalized spacial score (nSPS) is 22.0. The summed E-state index contributed by atoms with van der Waals surface area (Å²) in [6, 6.07) is 8.97. The molecule has 3 aliphatic heterocycles. The Kier molecular flexibility index (Phi) is 9.17. The van der Waals surface area contributed by atoms with Crippen molar-refractivity contribution in [2.24, 2.45) is 4.99 Å². The molecule has 2 aromatic heterocycles. The Labute approximate surface area is 259 Å². The van der Waals surface area contributed by atoms with Gasteiger partial charge in [-0.2, -0.15) is 0 Å². The van der Waals surface area contributed by atoms with E-state index in [0.29, 0.717) is 37.3 Å². The molecule has 3 aromatic rings. The van der Waals surface area contributed by atoms with Gasteiger partial charge in [-0.05, 0) is 32.0 Å². The summed E-state index contributed by atoms with van der Waals surface area (Å²) in [7, 11) is 6.01. The zero-order valence-electron chi connectivity index (χ0n) is 26.4. The van der Waals surface area contributed by atoms with Crippen LogP contribution in [-0.2, 0) is 17.8 Å². The maximum atomic E-state index is 6.14. The number of aromatic nitrogens is 5. The van der Waals surface area contributed by atoms with E-state index in [9.17, 15) is 0 Å². The molecule has 6 rings (SSSR count). The number of ether oxygens (including phenoxy) is 1. The number of hydrogen-bond acceptors (Lipinski definition) is 12. The summed E-state index contributed by atoms with van der Waals surface area (Å²) in [6.45, 7) is 12.1. The lowest BCUT2D eigenvalue weighted by molar-refractivity contribution is 0.0269. The fourth-order valence-corrected chi connectivity index (χ4v) is 5.97. The van der Waals surface area contributed by atoms with Gasteiger partial charge in [-0.1, -0.05) is 29.5 Å². The number of rotatable bonds is 9. The smallest absolute Gasteiger partial charge is 0.225 e. The van der Waals surface area contributed by atoms with Crippen molar-refractivity contribution >= 4 is 23.3 Å². The number of nitrogens with one attached hydrogen (secondary N) is 2. The molecule has 234 valence electrons. The molecule has 1 aromatic carbocycles. The number of anilines is 2. The van der Waals surface area contributed by atoms with E-state index in [4.69, 9.17) is 19.7 Å². The highest BCUT2D eigenvalue weighted by molar-refractivity contribution is 6.01. The minimum Gasteiger partial charge on any atom is -0.373 e. The van der Waals surface area contributed by atoms with Crippen LogP contribution in [0.4, 0.5) is 17.6 Å². The topological polar surface area (TPSA) is 115 Å². The molecular weight excluding hydrogens is 556 g/mol. The maximum Gasteiger partial charge on any atom is 0.225 e. The number of hydrogen-bond donors (Lipinski definition) is 2. The lowest BCUT2D eigenvalue weighted by Crippen LogP contribution is -2.45. The average Bonchev–Trinajstić information content (AvgIpc) is 3.59. The molecule has 0 radical (unpaired) electrons. The first-order valence-electron chi connectivity index (χ1n) is 15.4. The van der Waals surface area contributed by atoms with E-state index in [1.807, 2.05) is 43.1 Å². The van der Waals surface area contributed by atoms with Crippen LogP contribution in [-0.4, -0.2) is 125 Å². The molecule has 3 aliphatic rings. The van der Waals surface area contributed by atoms with Gasteiger partial charge in [0, 0.05) is 95.4 Å². The molecule has 2 fully saturated rings. The standard InChI is InChI=1S/C31H44N12O/c1-22(28-21-40(5)37-23(28)2)35-30-29(32-3)36-38-43(30)20-27-19-42(14-15-44-27)31-33-16-26(17-34-31)25-8-6-24(7-9-25)18-41-12-10-39(4)11-13-41/h6-9,16-17,21,23,27,32,37H,10-15,18-20H2,1-5H3. The molecule has 0 aliphatic carbocycles. The predicted octanol–water partition coefficient (Wildman–Crippen LogP) is 2.24. The van der Waals surface area contributed by atoms with Gasteiger partial charge in [-0.25, -0.2) is 25.1 Å². The van der Waals surface area contributed by atoms with Crippen LogP contribution in [0.2, 0.25) is 0 Å². The van der Waals surface area contributed by atoms with Crippen molar-refractivity contribution in [3.05, 3.63) is 54.0 Å². The van der Waals surface area contributed by atoms with Crippen molar-refractivity contribution < 1.29 is 4.74 Å². The summed E-state index contributed by atoms with van der Waals surface area (Å²) in [5.41, 5.74) is 8.87. The third-order valence-corrected chi connectivity index (χ3v) is 8.56. The Balaban J connectivity index is 1.09. The van der Waals surface area contributed by atoms with Gasteiger partial charge in [-0.15, -0.1) is 5.10 Å². The first-order chi connectivity index (χ1) is 21.4. The van der Waals surface area contributed by atoms with Crippen molar-refractivity contribution in [2.75, 3.05) is 77.2 Å². The van der Waals surface area contributed by atoms with Crippen LogP contribution >= 0.6 is 0 Å². The Bertz CT molecular complexity index is 1460. The zero-order valence-corrected chi connectivity index (χ0v) is 26.4. The summed E-state index contributed by atoms with van der Waals surface area (Å²) in [5.74, 6) is 2.02. The van der Waals surface area contributed by atoms with Gasteiger partial charge in [0.05, 0.1) is 25.3 Å². The van der Waals surface area contributed by atoms with E-state index in [-0.39, 0.29) is 12.1 Å². The number of morpholine rings is 1. The second-order valence-electron chi connectivity index (χ2n) is 11.9. The Morgan fingerprint density at radius 2 is 1.80 bits per heavy atom. The van der Waals surface area contributed by atoms with Gasteiger partial charge in [0.25, 0.3) is 0 Å². The number of likely N-dealkylation sites (N-methyl/N-ethyl adjacent to an activating group) is 1. The van der Waals surface area contributed by atoms with Crippen molar-refractivity contribution in [3.8, 4) is 11.1 Å². The van der Waals surface area contributed by atoms with Crippen LogP contribution in [0.25, 0.3) is 11.1 Å². The summed E-state index contributed by atoms with van der Waals surface area (Å²) in [6.07, 6.45) is 5.78. The predicted molar refractivity (Wildman–Crippen MR) is 173 cm³/mol. The van der Waals surface area contributed by atoms with Gasteiger partial charge in [-0.3, -0.25) is 4.90 Å². The minimum absolute atomic E-state index is 0.113. The van der Waals surface area contributed by atoms with Crippen LogP contribution in [0, 0.1) is 0 Å². The fourth-order valence-electron chi connectivity index (χ4n) is 5.97. The number of piperazine rings is 1. The molecule has 2 N–H and O–H groups in total. The van der Waals surface area contributed by atoms with Crippen LogP contribution in [0.5, 0.6) is 0 Å². The molecule has 0 spiro atoms. The SMILES string of the molecule is CNc1nnn(CC2CN(c3ncc(-c4ccc(CN5CCN(C)CC5)cc4)cn3)CCO2)c1N=C(C)C1=CN(C)NC1C. The van der Waals surface area contributed by atoms with E-state index in [1.54, 1.807) is 0 Å². The molecule has 2 saturated heterocycles. The third-order valence-electron chi connectivity index (χ3n) is 8.56. The first-order valence-corrected chi connectivity index (χ1v) is 15.4. The minimum atomic E-state index is -0.113. The van der Waals surface area contributed by atoms with E-state index >= 15 is 0 Å². The van der Waals surface area contributed by atoms with Gasteiger partial charge < -0.3 is 24.9 Å². The monoisotopic (exact) mass is 600 g/mol. The van der Waals surface area contributed by atoms with E-state index in [2.05, 4.69) is 80.2 Å². The van der Waals surface area contributed by atoms with Crippen molar-refractivity contribution in [2.45, 2.75) is 39.1 Å². The summed E-state index contributed by atoms with van der Waals surface area (Å²) in [4.78, 5) is 21.5. The molecule has 2 unspecified atom stereocenters. The molecule has 44 heavy (non-hydrogen) atoms. The largest absolute Gasteiger partial charge is 0.373 e. The van der Waals surface area contributed by atoms with Gasteiger partial charge in [0.2, 0.25) is 5.95 Å².